The first-order valence-corrected chi connectivity index (χ1v) is 24.5. The van der Waals surface area contributed by atoms with Gasteiger partial charge in [-0.3, -0.25) is 43.9 Å². The summed E-state index contributed by atoms with van der Waals surface area (Å²) < 4.78 is 3.62. The van der Waals surface area contributed by atoms with Crippen LogP contribution < -0.4 is 30.9 Å². The Morgan fingerprint density at radius 2 is 1.60 bits per heavy atom. The van der Waals surface area contributed by atoms with Crippen molar-refractivity contribution in [2.24, 2.45) is 30.2 Å². The minimum atomic E-state index is -0.993. The third kappa shape index (κ3) is 7.65. The monoisotopic (exact) mass is 946 g/mol. The van der Waals surface area contributed by atoms with E-state index in [1.54, 1.807) is 42.5 Å². The molecule has 17 heteroatoms. The molecule has 5 aliphatic heterocycles. The van der Waals surface area contributed by atoms with Crippen LogP contribution in [0.2, 0.25) is 0 Å². The highest BCUT2D eigenvalue weighted by atomic mass is 16.3. The van der Waals surface area contributed by atoms with Crippen molar-refractivity contribution in [1.29, 1.82) is 0 Å². The summed E-state index contributed by atoms with van der Waals surface area (Å²) in [4.78, 5) is 95.3. The van der Waals surface area contributed by atoms with E-state index in [4.69, 9.17) is 4.98 Å². The van der Waals surface area contributed by atoms with Crippen molar-refractivity contribution in [3.05, 3.63) is 111 Å². The van der Waals surface area contributed by atoms with Gasteiger partial charge >= 0.3 is 0 Å². The molecule has 2 unspecified atom stereocenters. The Labute approximate surface area is 405 Å². The first kappa shape index (κ1) is 45.3. The van der Waals surface area contributed by atoms with Crippen LogP contribution in [0.5, 0.6) is 0 Å². The van der Waals surface area contributed by atoms with E-state index in [0.717, 1.165) is 61.6 Å². The lowest BCUT2D eigenvalue weighted by molar-refractivity contribution is -0.136. The van der Waals surface area contributed by atoms with Gasteiger partial charge in [0.25, 0.3) is 23.3 Å². The SMILES string of the molecule is CC(C)[C@H]1CC(C2CN(c3ccc4c(c3)C(=O)N(C3CCC(=O)NC3=O)C4=O)C2)CCN1c1ccc(Nc2nc(-c3ccnc(N4CCn5c(cc6c5CC(C)(C)C6)C4=O)c3CO)cn(C)c2=O)cc1. The third-order valence-corrected chi connectivity index (χ3v) is 15.7. The topological polar surface area (TPSA) is 195 Å². The molecule has 3 N–H and O–H groups in total. The van der Waals surface area contributed by atoms with Gasteiger partial charge in [-0.05, 0) is 115 Å². The number of hydrogen-bond donors (Lipinski definition) is 3. The summed E-state index contributed by atoms with van der Waals surface area (Å²) >= 11 is 0. The molecular weight excluding hydrogens is 889 g/mol. The molecule has 70 heavy (non-hydrogen) atoms. The zero-order valence-corrected chi connectivity index (χ0v) is 40.2. The molecular formula is C53H58N10O7. The van der Waals surface area contributed by atoms with Crippen LogP contribution in [0.15, 0.2) is 71.8 Å². The number of anilines is 5. The minimum Gasteiger partial charge on any atom is -0.392 e. The first-order valence-electron chi connectivity index (χ1n) is 24.5. The zero-order valence-electron chi connectivity index (χ0n) is 40.2. The van der Waals surface area contributed by atoms with Crippen molar-refractivity contribution in [1.82, 2.24) is 29.3 Å². The first-order chi connectivity index (χ1) is 33.6. The molecule has 3 fully saturated rings. The Bertz CT molecular complexity index is 3080. The Balaban J connectivity index is 0.746. The predicted molar refractivity (Wildman–Crippen MR) is 263 cm³/mol. The summed E-state index contributed by atoms with van der Waals surface area (Å²) in [6.07, 6.45) is 7.38. The van der Waals surface area contributed by atoms with Crippen LogP contribution in [0.1, 0.15) is 101 Å². The summed E-state index contributed by atoms with van der Waals surface area (Å²) in [6.45, 7) is 12.3. The second-order valence-corrected chi connectivity index (χ2v) is 21.1. The van der Waals surface area contributed by atoms with Gasteiger partial charge in [0.2, 0.25) is 11.8 Å². The van der Waals surface area contributed by atoms with Crippen molar-refractivity contribution >= 4 is 58.2 Å². The molecule has 0 radical (unpaired) electrons. The van der Waals surface area contributed by atoms with E-state index in [2.05, 4.69) is 69.8 Å². The number of benzene rings is 2. The maximum Gasteiger partial charge on any atom is 0.293 e. The van der Waals surface area contributed by atoms with E-state index in [1.165, 1.54) is 15.8 Å². The van der Waals surface area contributed by atoms with Gasteiger partial charge in [0.1, 0.15) is 17.6 Å². The molecule has 3 aromatic heterocycles. The average molecular weight is 947 g/mol. The largest absolute Gasteiger partial charge is 0.392 e. The maximum atomic E-state index is 14.0. The zero-order chi connectivity index (χ0) is 48.9. The van der Waals surface area contributed by atoms with E-state index >= 15 is 0 Å². The molecule has 0 spiro atoms. The fourth-order valence-electron chi connectivity index (χ4n) is 12.0. The van der Waals surface area contributed by atoms with Crippen LogP contribution >= 0.6 is 0 Å². The molecule has 5 aromatic rings. The third-order valence-electron chi connectivity index (χ3n) is 15.7. The fourth-order valence-corrected chi connectivity index (χ4v) is 12.0. The van der Waals surface area contributed by atoms with Gasteiger partial charge in [-0.2, -0.15) is 0 Å². The number of pyridine rings is 1. The second kappa shape index (κ2) is 17.1. The van der Waals surface area contributed by atoms with Gasteiger partial charge in [-0.15, -0.1) is 0 Å². The molecule has 1 aliphatic carbocycles. The van der Waals surface area contributed by atoms with Crippen LogP contribution in [0.4, 0.5) is 28.7 Å². The smallest absolute Gasteiger partial charge is 0.293 e. The number of fused-ring (bicyclic) bond motifs is 4. The number of nitrogens with one attached hydrogen (secondary N) is 2. The molecule has 17 nitrogen and oxygen atoms in total. The van der Waals surface area contributed by atoms with Gasteiger partial charge in [0.15, 0.2) is 5.82 Å². The number of hydrogen-bond acceptors (Lipinski definition) is 12. The fraction of sp³-hybridized carbons (Fsp3) is 0.434. The summed E-state index contributed by atoms with van der Waals surface area (Å²) in [6, 6.07) is 16.5. The number of carbonyl (C=O) groups excluding carboxylic acids is 5. The van der Waals surface area contributed by atoms with E-state index in [-0.39, 0.29) is 47.7 Å². The highest BCUT2D eigenvalue weighted by Crippen LogP contribution is 2.43. The Morgan fingerprint density at radius 1 is 0.843 bits per heavy atom. The lowest BCUT2D eigenvalue weighted by Gasteiger charge is -2.50. The van der Waals surface area contributed by atoms with Crippen molar-refractivity contribution in [2.75, 3.05) is 46.2 Å². The number of imide groups is 2. The maximum absolute atomic E-state index is 14.0. The van der Waals surface area contributed by atoms with E-state index in [9.17, 15) is 33.9 Å². The van der Waals surface area contributed by atoms with Gasteiger partial charge in [0, 0.05) is 98.5 Å². The highest BCUT2D eigenvalue weighted by molar-refractivity contribution is 6.23. The lowest BCUT2D eigenvalue weighted by atomic mass is 9.75. The van der Waals surface area contributed by atoms with Crippen LogP contribution in [-0.4, -0.2) is 96.9 Å². The van der Waals surface area contributed by atoms with Crippen LogP contribution in [0.25, 0.3) is 11.3 Å². The summed E-state index contributed by atoms with van der Waals surface area (Å²) in [5.41, 5.74) is 7.71. The normalized spacial score (nSPS) is 22.1. The van der Waals surface area contributed by atoms with Crippen molar-refractivity contribution < 1.29 is 29.1 Å². The number of carbonyl (C=O) groups is 5. The number of amides is 5. The molecule has 11 rings (SSSR count). The molecule has 362 valence electrons. The molecule has 2 aromatic carbocycles. The quantitative estimate of drug-likeness (QED) is 0.150. The number of aromatic nitrogens is 4. The number of aryl methyl sites for hydroxylation is 1. The highest BCUT2D eigenvalue weighted by Gasteiger charge is 2.46. The molecule has 6 aliphatic rings. The molecule has 3 saturated heterocycles. The van der Waals surface area contributed by atoms with Gasteiger partial charge < -0.3 is 29.4 Å². The number of piperidine rings is 2. The Hall–Kier alpha value is -7.14. The van der Waals surface area contributed by atoms with Gasteiger partial charge in [-0.25, -0.2) is 9.97 Å². The molecule has 0 bridgehead atoms. The van der Waals surface area contributed by atoms with Crippen LogP contribution in [-0.2, 0) is 42.6 Å². The van der Waals surface area contributed by atoms with Gasteiger partial charge in [-0.1, -0.05) is 27.7 Å². The predicted octanol–water partition coefficient (Wildman–Crippen LogP) is 5.44. The summed E-state index contributed by atoms with van der Waals surface area (Å²) in [5.74, 6) is -0.269. The van der Waals surface area contributed by atoms with Gasteiger partial charge in [0.05, 0.1) is 23.4 Å². The Kier molecular flexibility index (Phi) is 11.0. The van der Waals surface area contributed by atoms with Crippen LogP contribution in [0.3, 0.4) is 0 Å². The summed E-state index contributed by atoms with van der Waals surface area (Å²) in [7, 11) is 1.67. The molecule has 3 atom stereocenters. The van der Waals surface area contributed by atoms with E-state index in [1.807, 2.05) is 24.3 Å². The number of rotatable bonds is 10. The van der Waals surface area contributed by atoms with Crippen molar-refractivity contribution in [2.45, 2.75) is 91.5 Å². The lowest BCUT2D eigenvalue weighted by Crippen LogP contribution is -2.55. The molecule has 0 saturated carbocycles. The number of nitrogens with zero attached hydrogens (tertiary/aromatic N) is 8. The standard InChI is InChI=1S/C53H58N10O7/c1-29(2)42-20-30(32-25-59(26-32)35-10-11-37-38(22-35)50(68)63(49(37)67)41-12-13-45(65)57-48(41)66)15-17-60(42)34-8-6-33(7-9-34)55-46-52(70)58(5)27-40(56-46)36-14-16-54-47(39(36)28-64)62-19-18-61-43(51(62)69)21-31-23-53(3,4)24-44(31)61/h6-11,14,16,21-22,27,29-30,32,41-42,64H,12-13,15,17-20,23-26,28H2,1-5H3,(H,55,56)(H,57,65,66)/t30?,41?,42-/m1/s1. The Morgan fingerprint density at radius 3 is 2.34 bits per heavy atom. The average Bonchev–Trinajstić information content (AvgIpc) is 3.91. The van der Waals surface area contributed by atoms with Crippen molar-refractivity contribution in [3.8, 4) is 11.3 Å². The number of aliphatic hydroxyl groups is 1. The molecule has 5 amide bonds. The van der Waals surface area contributed by atoms with Crippen LogP contribution in [0, 0.1) is 23.2 Å². The second-order valence-electron chi connectivity index (χ2n) is 21.1. The molecule has 8 heterocycles. The van der Waals surface area contributed by atoms with Crippen molar-refractivity contribution in [3.63, 3.8) is 0 Å². The van der Waals surface area contributed by atoms with E-state index in [0.29, 0.717) is 76.5 Å². The number of aliphatic hydroxyl groups excluding tert-OH is 1. The van der Waals surface area contributed by atoms with E-state index < -0.39 is 29.7 Å². The summed E-state index contributed by atoms with van der Waals surface area (Å²) in [5, 5.41) is 16.3. The minimum absolute atomic E-state index is 0.0781.